The van der Waals surface area contributed by atoms with Crippen LogP contribution in [0.25, 0.3) is 0 Å². The first-order valence-electron chi connectivity index (χ1n) is 15.0. The second-order valence-corrected chi connectivity index (χ2v) is 13.7. The van der Waals surface area contributed by atoms with Crippen LogP contribution in [-0.4, -0.2) is 22.5 Å². The first-order valence-corrected chi connectivity index (χ1v) is 15.0. The van der Waals surface area contributed by atoms with Crippen molar-refractivity contribution in [2.75, 3.05) is 0 Å². The van der Waals surface area contributed by atoms with E-state index in [1.807, 2.05) is 0 Å². The third kappa shape index (κ3) is 3.91. The fraction of sp³-hybridized carbons (Fsp3) is 0.812. The van der Waals surface area contributed by atoms with Gasteiger partial charge in [-0.15, -0.1) is 0 Å². The van der Waals surface area contributed by atoms with Crippen molar-refractivity contribution < 1.29 is 23.5 Å². The molecular formula is C32H46F2O3. The molecule has 37 heavy (non-hydrogen) atoms. The molecule has 1 N–H and O–H groups in total. The third-order valence-corrected chi connectivity index (χ3v) is 12.2. The van der Waals surface area contributed by atoms with E-state index in [-0.39, 0.29) is 40.9 Å². The van der Waals surface area contributed by atoms with Crippen molar-refractivity contribution in [3.63, 3.8) is 0 Å². The maximum absolute atomic E-state index is 16.4. The maximum Gasteiger partial charge on any atom is 0.310 e. The molecule has 4 saturated carbocycles. The number of alkyl halides is 1. The monoisotopic (exact) mass is 516 g/mol. The number of rotatable bonds is 6. The van der Waals surface area contributed by atoms with Crippen molar-refractivity contribution >= 4 is 11.8 Å². The van der Waals surface area contributed by atoms with Gasteiger partial charge in [-0.25, -0.2) is 8.78 Å². The highest BCUT2D eigenvalue weighted by Gasteiger charge is 2.67. The second-order valence-electron chi connectivity index (χ2n) is 13.7. The van der Waals surface area contributed by atoms with E-state index >= 15 is 4.39 Å². The predicted molar refractivity (Wildman–Crippen MR) is 141 cm³/mol. The van der Waals surface area contributed by atoms with E-state index < -0.39 is 40.5 Å². The van der Waals surface area contributed by atoms with Gasteiger partial charge in [0.05, 0.1) is 5.41 Å². The molecule has 206 valence electrons. The van der Waals surface area contributed by atoms with Crippen molar-refractivity contribution in [3.05, 3.63) is 24.1 Å². The van der Waals surface area contributed by atoms with Gasteiger partial charge in [0.15, 0.2) is 11.5 Å². The molecule has 3 nitrogen and oxygen atoms in total. The Kier molecular flexibility index (Phi) is 7.01. The lowest BCUT2D eigenvalue weighted by molar-refractivity contribution is -0.179. The Hall–Kier alpha value is -1.52. The molecule has 5 aliphatic rings. The van der Waals surface area contributed by atoms with E-state index in [0.717, 1.165) is 70.3 Å². The number of hydrogen-bond acceptors (Lipinski definition) is 2. The number of aliphatic carboxylic acids is 1. The molecule has 0 radical (unpaired) electrons. The molecule has 0 heterocycles. The summed E-state index contributed by atoms with van der Waals surface area (Å²) in [5, 5.41) is 10.6. The van der Waals surface area contributed by atoms with Gasteiger partial charge in [-0.05, 0) is 98.0 Å². The fourth-order valence-electron chi connectivity index (χ4n) is 10.7. The summed E-state index contributed by atoms with van der Waals surface area (Å²) in [6, 6.07) is 0. The minimum absolute atomic E-state index is 0.0398. The molecule has 0 aromatic carbocycles. The molecule has 0 aromatic heterocycles. The van der Waals surface area contributed by atoms with Crippen molar-refractivity contribution in [1.82, 2.24) is 0 Å². The topological polar surface area (TPSA) is 54.4 Å². The summed E-state index contributed by atoms with van der Waals surface area (Å²) >= 11 is 0. The summed E-state index contributed by atoms with van der Waals surface area (Å²) in [6.45, 7) is 8.37. The zero-order chi connectivity index (χ0) is 26.8. The minimum Gasteiger partial charge on any atom is -0.481 e. The zero-order valence-electron chi connectivity index (χ0n) is 23.1. The molecule has 0 amide bonds. The summed E-state index contributed by atoms with van der Waals surface area (Å²) < 4.78 is 30.7. The Morgan fingerprint density at radius 1 is 1.14 bits per heavy atom. The van der Waals surface area contributed by atoms with E-state index in [2.05, 4.69) is 20.8 Å². The number of Topliss-reactive ketones (excluding diaryl/α,β-unsaturated/α-hetero) is 1. The number of halogens is 2. The minimum atomic E-state index is -2.32. The standard InChI is InChI=1S/C32H46F2O3/c1-5-8-19(2)27-24(28(35)32(34)18-22(33)12-10-20(32)3)17-26-23-13-11-21-9-6-7-15-31(21,29(36)37)25(23)14-16-30(26,27)4/h10,12,18-21,23-27H,5-9,11,13-17H2,1-4H3,(H,36,37)/t19-,20?,21?,23-,24?,25+,26+,27+,30+,31-,32?/m1/s1. The fourth-order valence-corrected chi connectivity index (χ4v) is 10.7. The first kappa shape index (κ1) is 27.1. The second kappa shape index (κ2) is 9.59. The first-order chi connectivity index (χ1) is 17.5. The molecule has 4 unspecified atom stereocenters. The number of allylic oxidation sites excluding steroid dienone is 4. The smallest absolute Gasteiger partial charge is 0.310 e. The van der Waals surface area contributed by atoms with Gasteiger partial charge in [0, 0.05) is 11.8 Å². The lowest BCUT2D eigenvalue weighted by Gasteiger charge is -2.60. The van der Waals surface area contributed by atoms with Crippen molar-refractivity contribution in [2.45, 2.75) is 104 Å². The van der Waals surface area contributed by atoms with Crippen LogP contribution < -0.4 is 0 Å². The van der Waals surface area contributed by atoms with Crippen molar-refractivity contribution in [3.8, 4) is 0 Å². The van der Waals surface area contributed by atoms with Crippen LogP contribution in [0.4, 0.5) is 8.78 Å². The summed E-state index contributed by atoms with van der Waals surface area (Å²) in [5.74, 6) is -1.69. The Bertz CT molecular complexity index is 989. The highest BCUT2D eigenvalue weighted by atomic mass is 19.1. The molecule has 0 aliphatic heterocycles. The summed E-state index contributed by atoms with van der Waals surface area (Å²) in [7, 11) is 0. The van der Waals surface area contributed by atoms with Crippen LogP contribution in [0.5, 0.6) is 0 Å². The summed E-state index contributed by atoms with van der Waals surface area (Å²) in [5.41, 5.74) is -3.07. The number of fused-ring (bicyclic) bond motifs is 5. The zero-order valence-corrected chi connectivity index (χ0v) is 23.1. The quantitative estimate of drug-likeness (QED) is 0.388. The summed E-state index contributed by atoms with van der Waals surface area (Å²) in [6.07, 6.45) is 13.9. The molecule has 5 rings (SSSR count). The average Bonchev–Trinajstić information content (AvgIpc) is 3.18. The number of carboxylic acid groups (broad SMARTS) is 1. The number of carbonyl (C=O) groups is 2. The molecule has 4 fully saturated rings. The Balaban J connectivity index is 1.53. The molecule has 0 saturated heterocycles. The van der Waals surface area contributed by atoms with Crippen LogP contribution in [0.1, 0.15) is 98.3 Å². The van der Waals surface area contributed by atoms with Crippen LogP contribution >= 0.6 is 0 Å². The predicted octanol–water partition coefficient (Wildman–Crippen LogP) is 8.10. The number of hydrogen-bond donors (Lipinski definition) is 1. The number of carboxylic acids is 1. The van der Waals surface area contributed by atoms with Crippen LogP contribution in [0.2, 0.25) is 0 Å². The van der Waals surface area contributed by atoms with Crippen LogP contribution in [0.3, 0.4) is 0 Å². The third-order valence-electron chi connectivity index (χ3n) is 12.2. The van der Waals surface area contributed by atoms with E-state index in [0.29, 0.717) is 6.42 Å². The van der Waals surface area contributed by atoms with E-state index in [1.54, 1.807) is 6.92 Å². The Labute approximate surface area is 221 Å². The SMILES string of the molecule is CCC[C@@H](C)[C@H]1C(C(=O)C2(F)C=C(F)C=CC2C)C[C@H]2[C@@H]3CCC4CCCC[C@]4(C(=O)O)[C@H]3CC[C@]12C. The van der Waals surface area contributed by atoms with Crippen LogP contribution in [0, 0.1) is 58.2 Å². The molecule has 0 aromatic rings. The highest BCUT2D eigenvalue weighted by Crippen LogP contribution is 2.70. The van der Waals surface area contributed by atoms with Gasteiger partial charge in [-0.1, -0.05) is 59.5 Å². The van der Waals surface area contributed by atoms with E-state index in [4.69, 9.17) is 0 Å². The maximum atomic E-state index is 16.4. The van der Waals surface area contributed by atoms with Gasteiger partial charge in [-0.3, -0.25) is 9.59 Å². The largest absolute Gasteiger partial charge is 0.481 e. The molecule has 0 spiro atoms. The average molecular weight is 517 g/mol. The number of ketones is 1. The highest BCUT2D eigenvalue weighted by molar-refractivity contribution is 5.93. The molecule has 11 atom stereocenters. The van der Waals surface area contributed by atoms with Gasteiger partial charge >= 0.3 is 5.97 Å². The van der Waals surface area contributed by atoms with Gasteiger partial charge in [0.1, 0.15) is 5.83 Å². The molecule has 5 heteroatoms. The lowest BCUT2D eigenvalue weighted by Crippen LogP contribution is -2.57. The van der Waals surface area contributed by atoms with Gasteiger partial charge < -0.3 is 5.11 Å². The Morgan fingerprint density at radius 2 is 1.89 bits per heavy atom. The van der Waals surface area contributed by atoms with Crippen LogP contribution in [-0.2, 0) is 9.59 Å². The normalized spacial score (nSPS) is 47.8. The Morgan fingerprint density at radius 3 is 2.59 bits per heavy atom. The lowest BCUT2D eigenvalue weighted by atomic mass is 9.44. The van der Waals surface area contributed by atoms with Crippen LogP contribution in [0.15, 0.2) is 24.1 Å². The van der Waals surface area contributed by atoms with Gasteiger partial charge in [-0.2, -0.15) is 0 Å². The number of carbonyl (C=O) groups excluding carboxylic acids is 1. The van der Waals surface area contributed by atoms with Crippen molar-refractivity contribution in [1.29, 1.82) is 0 Å². The van der Waals surface area contributed by atoms with Gasteiger partial charge in [0.25, 0.3) is 0 Å². The van der Waals surface area contributed by atoms with Gasteiger partial charge in [0.2, 0.25) is 0 Å². The summed E-state index contributed by atoms with van der Waals surface area (Å²) in [4.78, 5) is 27.1. The van der Waals surface area contributed by atoms with Crippen molar-refractivity contribution in [2.24, 2.45) is 58.2 Å². The molecular weight excluding hydrogens is 470 g/mol. The molecule has 0 bridgehead atoms. The molecule has 5 aliphatic carbocycles. The van der Waals surface area contributed by atoms with E-state index in [1.165, 1.54) is 12.2 Å². The van der Waals surface area contributed by atoms with E-state index in [9.17, 15) is 19.1 Å².